The zero-order valence-corrected chi connectivity index (χ0v) is 15.4. The van der Waals surface area contributed by atoms with E-state index in [-0.39, 0.29) is 17.9 Å². The lowest BCUT2D eigenvalue weighted by Crippen LogP contribution is -2.01. The highest BCUT2D eigenvalue weighted by Gasteiger charge is 2.10. The molecule has 0 atom stereocenters. The summed E-state index contributed by atoms with van der Waals surface area (Å²) in [5, 5.41) is 4.61. The van der Waals surface area contributed by atoms with Crippen LogP contribution in [0.5, 0.6) is 5.75 Å². The van der Waals surface area contributed by atoms with Gasteiger partial charge in [0.1, 0.15) is 5.75 Å². The normalized spacial score (nSPS) is 10.2. The van der Waals surface area contributed by atoms with E-state index in [0.29, 0.717) is 0 Å². The number of aryl methyl sites for hydroxylation is 1. The van der Waals surface area contributed by atoms with E-state index in [0.717, 1.165) is 45.6 Å². The number of aromatic nitrogens is 3. The molecule has 4 rings (SSSR count). The van der Waals surface area contributed by atoms with Gasteiger partial charge in [0.2, 0.25) is 0 Å². The third kappa shape index (κ3) is 3.56. The number of fused-ring (bicyclic) bond motifs is 3. The Morgan fingerprint density at radius 2 is 1.81 bits per heavy atom. The zero-order chi connectivity index (χ0) is 16.5. The molecule has 0 saturated heterocycles. The summed E-state index contributed by atoms with van der Waals surface area (Å²) in [5.41, 5.74) is 6.15. The van der Waals surface area contributed by atoms with Crippen molar-refractivity contribution >= 4 is 40.0 Å². The number of hydrogen-bond donors (Lipinski definition) is 2. The molecule has 0 spiro atoms. The molecule has 0 aliphatic carbocycles. The molecule has 0 saturated carbocycles. The molecule has 2 heterocycles. The second-order valence-electron chi connectivity index (χ2n) is 5.77. The molecule has 0 unspecified atom stereocenters. The topological polar surface area (TPSA) is 94.3 Å². The van der Waals surface area contributed by atoms with Crippen LogP contribution in [0, 0.1) is 6.92 Å². The van der Waals surface area contributed by atoms with E-state index in [1.165, 1.54) is 5.56 Å². The predicted molar refractivity (Wildman–Crippen MR) is 107 cm³/mol. The van der Waals surface area contributed by atoms with Crippen molar-refractivity contribution in [3.8, 4) is 5.75 Å². The number of H-pyrrole nitrogens is 1. The Bertz CT molecular complexity index is 1020. The van der Waals surface area contributed by atoms with Crippen LogP contribution in [0.25, 0.3) is 21.9 Å². The van der Waals surface area contributed by atoms with Crippen molar-refractivity contribution in [3.63, 3.8) is 0 Å². The Morgan fingerprint density at radius 1 is 1.08 bits per heavy atom. The summed E-state index contributed by atoms with van der Waals surface area (Å²) < 4.78 is 5.20. The van der Waals surface area contributed by atoms with Crippen LogP contribution in [0.3, 0.4) is 0 Å². The number of benzene rings is 2. The molecule has 4 N–H and O–H groups in total. The lowest BCUT2D eigenvalue weighted by molar-refractivity contribution is 0.414. The van der Waals surface area contributed by atoms with Gasteiger partial charge in [-0.1, -0.05) is 12.1 Å². The van der Waals surface area contributed by atoms with Crippen molar-refractivity contribution in [2.45, 2.75) is 13.5 Å². The molecule has 0 radical (unpaired) electrons. The summed E-state index contributed by atoms with van der Waals surface area (Å²) in [6, 6.07) is 14.2. The van der Waals surface area contributed by atoms with Crippen LogP contribution in [-0.2, 0) is 6.54 Å². The molecular weight excluding hydrogens is 352 g/mol. The third-order valence-electron chi connectivity index (χ3n) is 4.14. The van der Waals surface area contributed by atoms with Gasteiger partial charge in [-0.05, 0) is 42.8 Å². The van der Waals surface area contributed by atoms with E-state index in [2.05, 4.69) is 38.5 Å². The molecule has 26 heavy (non-hydrogen) atoms. The van der Waals surface area contributed by atoms with Crippen LogP contribution in [0.1, 0.15) is 11.3 Å². The molecule has 4 aromatic rings. The monoisotopic (exact) mass is 372 g/mol. The predicted octanol–water partition coefficient (Wildman–Crippen LogP) is 3.64. The molecule has 6 nitrogen and oxygen atoms in total. The Kier molecular flexibility index (Phi) is 6.02. The number of methoxy groups -OCH3 is 1. The van der Waals surface area contributed by atoms with Crippen LogP contribution < -0.4 is 10.1 Å². The molecule has 2 aromatic heterocycles. The molecular formula is C19H21ClN4O2. The summed E-state index contributed by atoms with van der Waals surface area (Å²) in [4.78, 5) is 12.2. The fraction of sp³-hybridized carbons (Fsp3) is 0.158. The summed E-state index contributed by atoms with van der Waals surface area (Å²) in [5.74, 6) is 0.864. The second kappa shape index (κ2) is 8.03. The van der Waals surface area contributed by atoms with Crippen LogP contribution >= 0.6 is 12.4 Å². The van der Waals surface area contributed by atoms with E-state index in [9.17, 15) is 0 Å². The maximum Gasteiger partial charge on any atom is 0.118 e. The summed E-state index contributed by atoms with van der Waals surface area (Å²) in [7, 11) is 1.68. The maximum absolute atomic E-state index is 5.20. The van der Waals surface area contributed by atoms with Gasteiger partial charge in [0, 0.05) is 23.3 Å². The summed E-state index contributed by atoms with van der Waals surface area (Å²) in [6.07, 6.45) is 1.72. The van der Waals surface area contributed by atoms with Crippen molar-refractivity contribution < 1.29 is 10.2 Å². The number of nitrogens with zero attached hydrogens (tertiary/aromatic N) is 2. The highest BCUT2D eigenvalue weighted by molar-refractivity contribution is 6.09. The number of nitrogens with one attached hydrogen (secondary N) is 2. The van der Waals surface area contributed by atoms with Crippen molar-refractivity contribution in [2.75, 3.05) is 12.4 Å². The quantitative estimate of drug-likeness (QED) is 0.571. The fourth-order valence-corrected chi connectivity index (χ4v) is 2.95. The van der Waals surface area contributed by atoms with Crippen LogP contribution in [0.2, 0.25) is 0 Å². The van der Waals surface area contributed by atoms with Gasteiger partial charge in [-0.15, -0.1) is 12.4 Å². The molecule has 0 fully saturated rings. The molecule has 7 heteroatoms. The number of hydrogen-bond acceptors (Lipinski definition) is 4. The highest BCUT2D eigenvalue weighted by Crippen LogP contribution is 2.29. The average Bonchev–Trinajstić information content (AvgIpc) is 3.08. The molecule has 0 bridgehead atoms. The standard InChI is InChI=1S/C19H18N4O.ClH.H2O/c1-12-9-17(20-10-13-3-5-14(24-2)6-4-13)18-15(23-12)7-8-16-19(18)22-11-21-16;;/h3-9,11H,10H2,1-2H3,(H,20,23)(H,21,22);1H;1H2. The smallest absolute Gasteiger partial charge is 0.118 e. The van der Waals surface area contributed by atoms with Crippen LogP contribution in [0.4, 0.5) is 5.69 Å². The maximum atomic E-state index is 5.20. The Labute approximate surface area is 157 Å². The number of ether oxygens (including phenoxy) is 1. The molecule has 2 aromatic carbocycles. The Hall–Kier alpha value is -2.83. The molecule has 136 valence electrons. The fourth-order valence-electron chi connectivity index (χ4n) is 2.95. The van der Waals surface area contributed by atoms with Gasteiger partial charge in [0.05, 0.1) is 30.0 Å². The number of halogens is 1. The summed E-state index contributed by atoms with van der Waals surface area (Å²) in [6.45, 7) is 2.74. The van der Waals surface area contributed by atoms with Crippen LogP contribution in [-0.4, -0.2) is 27.5 Å². The second-order valence-corrected chi connectivity index (χ2v) is 5.77. The van der Waals surface area contributed by atoms with Gasteiger partial charge in [0.25, 0.3) is 0 Å². The average molecular weight is 373 g/mol. The van der Waals surface area contributed by atoms with E-state index in [1.54, 1.807) is 13.4 Å². The van der Waals surface area contributed by atoms with Crippen molar-refractivity contribution in [3.05, 3.63) is 60.0 Å². The largest absolute Gasteiger partial charge is 0.497 e. The van der Waals surface area contributed by atoms with Gasteiger partial charge in [-0.3, -0.25) is 4.98 Å². The van der Waals surface area contributed by atoms with Crippen molar-refractivity contribution in [1.82, 2.24) is 15.0 Å². The van der Waals surface area contributed by atoms with Gasteiger partial charge in [-0.2, -0.15) is 0 Å². The van der Waals surface area contributed by atoms with E-state index in [1.807, 2.05) is 31.2 Å². The van der Waals surface area contributed by atoms with Gasteiger partial charge in [-0.25, -0.2) is 4.98 Å². The first-order valence-corrected chi connectivity index (χ1v) is 7.85. The number of aromatic amines is 1. The van der Waals surface area contributed by atoms with Gasteiger partial charge >= 0.3 is 0 Å². The highest BCUT2D eigenvalue weighted by atomic mass is 35.5. The lowest BCUT2D eigenvalue weighted by atomic mass is 10.1. The first-order chi connectivity index (χ1) is 11.7. The number of imidazole rings is 1. The number of pyridine rings is 1. The molecule has 0 amide bonds. The lowest BCUT2D eigenvalue weighted by Gasteiger charge is -2.12. The zero-order valence-electron chi connectivity index (χ0n) is 14.5. The van der Waals surface area contributed by atoms with Crippen LogP contribution in [0.15, 0.2) is 48.8 Å². The van der Waals surface area contributed by atoms with Gasteiger partial charge in [0.15, 0.2) is 0 Å². The Morgan fingerprint density at radius 3 is 2.54 bits per heavy atom. The molecule has 0 aliphatic heterocycles. The SMILES string of the molecule is COc1ccc(CNc2cc(C)nc3ccc4nc[nH]c4c23)cc1.Cl.O. The number of rotatable bonds is 4. The summed E-state index contributed by atoms with van der Waals surface area (Å²) >= 11 is 0. The first kappa shape index (κ1) is 19.5. The van der Waals surface area contributed by atoms with Crippen molar-refractivity contribution in [2.24, 2.45) is 0 Å². The number of anilines is 1. The first-order valence-electron chi connectivity index (χ1n) is 7.85. The Balaban J connectivity index is 0.00000121. The van der Waals surface area contributed by atoms with Gasteiger partial charge < -0.3 is 20.5 Å². The minimum atomic E-state index is 0. The van der Waals surface area contributed by atoms with Crippen molar-refractivity contribution in [1.29, 1.82) is 0 Å². The third-order valence-corrected chi connectivity index (χ3v) is 4.14. The van der Waals surface area contributed by atoms with E-state index in [4.69, 9.17) is 4.74 Å². The van der Waals surface area contributed by atoms with E-state index < -0.39 is 0 Å². The molecule has 0 aliphatic rings. The minimum absolute atomic E-state index is 0. The minimum Gasteiger partial charge on any atom is -0.497 e. The van der Waals surface area contributed by atoms with E-state index >= 15 is 0 Å².